The molecule has 58 heavy (non-hydrogen) atoms. The minimum Gasteiger partial charge on any atom is -0.465 e. The lowest BCUT2D eigenvalue weighted by molar-refractivity contribution is 0.0592. The first-order valence-electron chi connectivity index (χ1n) is 17.6. The van der Waals surface area contributed by atoms with Crippen molar-refractivity contribution in [3.05, 3.63) is 135 Å². The average Bonchev–Trinajstić information content (AvgIpc) is 3.23. The first-order valence-corrected chi connectivity index (χ1v) is 18.0. The maximum atomic E-state index is 14.2. The molecule has 0 aliphatic carbocycles. The van der Waals surface area contributed by atoms with Crippen molar-refractivity contribution in [1.82, 2.24) is 29.9 Å². The molecule has 0 amide bonds. The first-order chi connectivity index (χ1) is 28.2. The molecule has 0 atom stereocenters. The molecule has 0 saturated heterocycles. The number of pyridine rings is 2. The molecule has 0 fully saturated rings. The first kappa shape index (κ1) is 44.8. The lowest BCUT2D eigenvalue weighted by Crippen LogP contribution is -2.08. The van der Waals surface area contributed by atoms with Gasteiger partial charge in [0.1, 0.15) is 33.7 Å². The fourth-order valence-corrected chi connectivity index (χ4v) is 5.41. The highest BCUT2D eigenvalue weighted by Crippen LogP contribution is 2.29. The number of aromatic nitrogens is 6. The Hall–Kier alpha value is -5.90. The van der Waals surface area contributed by atoms with E-state index < -0.39 is 30.7 Å². The molecule has 0 radical (unpaired) electrons. The molecular weight excluding hydrogens is 820 g/mol. The molecule has 4 aromatic heterocycles. The van der Waals surface area contributed by atoms with Crippen LogP contribution in [0.4, 0.5) is 30.4 Å². The van der Waals surface area contributed by atoms with Crippen LogP contribution in [-0.2, 0) is 15.9 Å². The summed E-state index contributed by atoms with van der Waals surface area (Å²) >= 11 is 17.9. The molecule has 12 nitrogen and oxygen atoms in total. The van der Waals surface area contributed by atoms with Gasteiger partial charge in [-0.2, -0.15) is 0 Å². The van der Waals surface area contributed by atoms with Crippen LogP contribution in [0.5, 0.6) is 0 Å². The van der Waals surface area contributed by atoms with Crippen LogP contribution in [-0.4, -0.2) is 63.2 Å². The number of hydrogen-bond donors (Lipinski definition) is 2. The number of nitrogen functional groups attached to an aromatic ring is 1. The summed E-state index contributed by atoms with van der Waals surface area (Å²) < 4.78 is 52.6. The summed E-state index contributed by atoms with van der Waals surface area (Å²) in [6.07, 6.45) is 9.71. The van der Waals surface area contributed by atoms with Crippen LogP contribution >= 0.6 is 34.8 Å². The topological polar surface area (TPSA) is 168 Å². The molecule has 304 valence electrons. The Balaban J connectivity index is 0.000000249. The Morgan fingerprint density at radius 3 is 1.84 bits per heavy atom. The Labute approximate surface area is 349 Å². The van der Waals surface area contributed by atoms with Crippen LogP contribution in [0.25, 0.3) is 22.8 Å². The van der Waals surface area contributed by atoms with Crippen LogP contribution in [0.15, 0.2) is 85.7 Å². The van der Waals surface area contributed by atoms with Crippen LogP contribution < -0.4 is 11.1 Å². The third kappa shape index (κ3) is 12.6. The number of ether oxygens (including phenoxy) is 2. The number of methoxy groups -OCH3 is 2. The fourth-order valence-electron chi connectivity index (χ4n) is 4.72. The van der Waals surface area contributed by atoms with Gasteiger partial charge in [-0.3, -0.25) is 14.4 Å². The summed E-state index contributed by atoms with van der Waals surface area (Å²) in [5.41, 5.74) is 8.95. The lowest BCUT2D eigenvalue weighted by atomic mass is 10.1. The molecule has 0 spiro atoms. The normalized spacial score (nSPS) is 10.4. The molecule has 0 aliphatic rings. The van der Waals surface area contributed by atoms with Gasteiger partial charge in [0.05, 0.1) is 39.6 Å². The molecule has 3 N–H and O–H groups in total. The number of nitrogens with one attached hydrogen (secondary N) is 1. The van der Waals surface area contributed by atoms with E-state index >= 15 is 0 Å². The number of carbonyl (C=O) groups is 2. The molecule has 6 rings (SSSR count). The van der Waals surface area contributed by atoms with Crippen LogP contribution in [0.2, 0.25) is 15.2 Å². The molecule has 6 aromatic rings. The summed E-state index contributed by atoms with van der Waals surface area (Å²) in [7, 11) is 1.59. The fraction of sp³-hybridized carbons (Fsp3) is 0.200. The molecule has 18 heteroatoms. The zero-order chi connectivity index (χ0) is 43.6. The number of carbonyl (C=O) groups excluding carboxylic acids is 2. The van der Waals surface area contributed by atoms with Crippen molar-refractivity contribution in [1.29, 1.82) is 0 Å². The van der Waals surface area contributed by atoms with Crippen LogP contribution in [0.1, 0.15) is 59.9 Å². The number of esters is 2. The SMILES string of the molecule is CC(C)c1cnc(-c2cc(Cl)ccc2F)nc1Cl.CCc1cnc(-c2cc(Cl)ccc2F)nc1Nc1ccncc1C(=O)OC.COC(=O)c1cnccc1N.[2H]CF. The Bertz CT molecular complexity index is 2370. The molecule has 0 bridgehead atoms. The van der Waals surface area contributed by atoms with E-state index in [1.54, 1.807) is 30.7 Å². The van der Waals surface area contributed by atoms with Gasteiger partial charge in [0.25, 0.3) is 0 Å². The highest BCUT2D eigenvalue weighted by molar-refractivity contribution is 6.31. The quantitative estimate of drug-likeness (QED) is 0.110. The molecule has 0 unspecified atom stereocenters. The van der Waals surface area contributed by atoms with Crippen molar-refractivity contribution in [2.24, 2.45) is 0 Å². The molecule has 4 heterocycles. The van der Waals surface area contributed by atoms with Crippen molar-refractivity contribution in [2.45, 2.75) is 33.1 Å². The number of anilines is 3. The summed E-state index contributed by atoms with van der Waals surface area (Å²) in [4.78, 5) is 47.5. The van der Waals surface area contributed by atoms with E-state index in [1.165, 1.54) is 69.2 Å². The summed E-state index contributed by atoms with van der Waals surface area (Å²) in [5.74, 6) is -0.794. The maximum absolute atomic E-state index is 14.2. The van der Waals surface area contributed by atoms with Gasteiger partial charge in [0.2, 0.25) is 0 Å². The van der Waals surface area contributed by atoms with Crippen molar-refractivity contribution in [3.63, 3.8) is 0 Å². The van der Waals surface area contributed by atoms with Gasteiger partial charge >= 0.3 is 11.9 Å². The smallest absolute Gasteiger partial charge is 0.341 e. The van der Waals surface area contributed by atoms with Crippen molar-refractivity contribution in [3.8, 4) is 22.8 Å². The zero-order valence-electron chi connectivity index (χ0n) is 32.7. The number of hydrogen-bond acceptors (Lipinski definition) is 12. The number of halogens is 6. The van der Waals surface area contributed by atoms with Crippen molar-refractivity contribution in [2.75, 3.05) is 32.4 Å². The van der Waals surface area contributed by atoms with Crippen LogP contribution in [0, 0.1) is 11.6 Å². The van der Waals surface area contributed by atoms with Gasteiger partial charge in [-0.15, -0.1) is 0 Å². The predicted octanol–water partition coefficient (Wildman–Crippen LogP) is 10.2. The summed E-state index contributed by atoms with van der Waals surface area (Å²) in [6, 6.07) is 11.6. The maximum Gasteiger partial charge on any atom is 0.341 e. The van der Waals surface area contributed by atoms with Gasteiger partial charge in [-0.25, -0.2) is 38.3 Å². The highest BCUT2D eigenvalue weighted by Gasteiger charge is 2.17. The van der Waals surface area contributed by atoms with E-state index in [-0.39, 0.29) is 34.3 Å². The minimum atomic E-state index is -1.00. The van der Waals surface area contributed by atoms with Crippen LogP contribution in [0.3, 0.4) is 0 Å². The molecular formula is C40H38Cl3F3N8O4. The zero-order valence-corrected chi connectivity index (χ0v) is 34.0. The van der Waals surface area contributed by atoms with Gasteiger partial charge in [0.15, 0.2) is 11.6 Å². The number of rotatable bonds is 8. The van der Waals surface area contributed by atoms with Gasteiger partial charge in [0, 0.05) is 64.0 Å². The minimum absolute atomic E-state index is 0.184. The highest BCUT2D eigenvalue weighted by atomic mass is 35.5. The van der Waals surface area contributed by atoms with Crippen molar-refractivity contribution >= 4 is 63.9 Å². The standard InChI is InChI=1S/C19H16ClFN4O2.C13H11Cl2FN2.C7H8N2O2.CH3F/c1-3-11-9-23-18(13-8-12(20)4-5-15(13)21)25-17(11)24-16-6-7-22-10-14(16)19(26)27-2;1-7(2)10-6-17-13(18-12(10)15)9-5-8(14)3-4-11(9)16;1-11-7(10)5-4-9-3-2-6(5)8;1-2/h4-10H,3H2,1-2H3,(H,22,23,24,25);3-7H,1-2H3;2-4H,1H3,(H2,8,9);1H3/i;;;1D. The number of nitrogens with two attached hydrogens (primary N) is 1. The lowest BCUT2D eigenvalue weighted by Gasteiger charge is -2.13. The second-order valence-corrected chi connectivity index (χ2v) is 13.0. The third-order valence-electron chi connectivity index (χ3n) is 7.71. The summed E-state index contributed by atoms with van der Waals surface area (Å²) in [6.45, 7) is 5.92. The monoisotopic (exact) mass is 857 g/mol. The van der Waals surface area contributed by atoms with E-state index in [1.807, 2.05) is 20.8 Å². The van der Waals surface area contributed by atoms with E-state index in [2.05, 4.69) is 40.0 Å². The Kier molecular flexibility index (Phi) is 17.6. The average molecular weight is 859 g/mol. The van der Waals surface area contributed by atoms with E-state index in [9.17, 15) is 22.8 Å². The van der Waals surface area contributed by atoms with Gasteiger partial charge in [-0.05, 0) is 60.9 Å². The van der Waals surface area contributed by atoms with Crippen molar-refractivity contribution < 1.29 is 33.6 Å². The van der Waals surface area contributed by atoms with Gasteiger partial charge < -0.3 is 20.5 Å². The number of nitrogens with zero attached hydrogens (tertiary/aromatic N) is 6. The van der Waals surface area contributed by atoms with E-state index in [0.29, 0.717) is 44.4 Å². The molecule has 0 aliphatic heterocycles. The number of alkyl halides is 1. The molecule has 0 saturated carbocycles. The third-order valence-corrected chi connectivity index (χ3v) is 8.49. The van der Waals surface area contributed by atoms with E-state index in [0.717, 1.165) is 11.1 Å². The number of aryl methyl sites for hydroxylation is 1. The predicted molar refractivity (Wildman–Crippen MR) is 219 cm³/mol. The Morgan fingerprint density at radius 1 is 0.810 bits per heavy atom. The summed E-state index contributed by atoms with van der Waals surface area (Å²) in [5, 5.41) is 4.26. The second-order valence-electron chi connectivity index (χ2n) is 11.8. The number of benzene rings is 2. The van der Waals surface area contributed by atoms with E-state index in [4.69, 9.17) is 46.6 Å². The molecule has 2 aromatic carbocycles. The van der Waals surface area contributed by atoms with Gasteiger partial charge in [-0.1, -0.05) is 55.6 Å². The second kappa shape index (κ2) is 22.7. The Morgan fingerprint density at radius 2 is 1.33 bits per heavy atom. The largest absolute Gasteiger partial charge is 0.465 e.